The van der Waals surface area contributed by atoms with E-state index in [1.807, 2.05) is 30.3 Å². The highest BCUT2D eigenvalue weighted by Gasteiger charge is 2.25. The molecule has 0 unspecified atom stereocenters. The number of nitrogens with zero attached hydrogens (tertiary/aromatic N) is 1. The third kappa shape index (κ3) is 3.55. The average Bonchev–Trinajstić information content (AvgIpc) is 3.25. The lowest BCUT2D eigenvalue weighted by atomic mass is 10.0. The summed E-state index contributed by atoms with van der Waals surface area (Å²) in [6.45, 7) is 6.72. The van der Waals surface area contributed by atoms with Crippen LogP contribution in [0.2, 0.25) is 0 Å². The molecule has 5 rings (SSSR count). The molecule has 2 aliphatic rings. The van der Waals surface area contributed by atoms with Crippen molar-refractivity contribution in [2.45, 2.75) is 25.4 Å². The predicted molar refractivity (Wildman–Crippen MR) is 117 cm³/mol. The van der Waals surface area contributed by atoms with Crippen LogP contribution in [0.15, 0.2) is 58.3 Å². The highest BCUT2D eigenvalue weighted by Crippen LogP contribution is 2.35. The van der Waals surface area contributed by atoms with Gasteiger partial charge < -0.3 is 24.1 Å². The molecule has 0 radical (unpaired) electrons. The molecule has 1 N–H and O–H groups in total. The smallest absolute Gasteiger partial charge is 0.338 e. The van der Waals surface area contributed by atoms with Crippen LogP contribution in [0.5, 0.6) is 11.5 Å². The Morgan fingerprint density at radius 2 is 1.90 bits per heavy atom. The molecule has 154 valence electrons. The van der Waals surface area contributed by atoms with Crippen LogP contribution in [0.3, 0.4) is 0 Å². The largest absolute Gasteiger partial charge is 0.454 e. The van der Waals surface area contributed by atoms with Crippen molar-refractivity contribution in [3.63, 3.8) is 0 Å². The monoisotopic (exact) mass is 404 g/mol. The summed E-state index contributed by atoms with van der Waals surface area (Å²) in [6.07, 6.45) is 3.82. The molecule has 2 aromatic carbocycles. The Morgan fingerprint density at radius 1 is 1.07 bits per heavy atom. The maximum absolute atomic E-state index is 12.4. The van der Waals surface area contributed by atoms with Gasteiger partial charge >= 0.3 is 5.63 Å². The minimum atomic E-state index is -0.339. The minimum Gasteiger partial charge on any atom is -0.454 e. The quantitative estimate of drug-likeness (QED) is 0.651. The van der Waals surface area contributed by atoms with Crippen LogP contribution in [0.1, 0.15) is 24.0 Å². The third-order valence-corrected chi connectivity index (χ3v) is 5.83. The Balaban J connectivity index is 1.61. The van der Waals surface area contributed by atoms with Gasteiger partial charge in [0.15, 0.2) is 11.5 Å². The number of rotatable bonds is 5. The van der Waals surface area contributed by atoms with Gasteiger partial charge in [-0.1, -0.05) is 24.8 Å². The molecule has 30 heavy (non-hydrogen) atoms. The Morgan fingerprint density at radius 3 is 2.73 bits per heavy atom. The second-order valence-electron chi connectivity index (χ2n) is 7.71. The van der Waals surface area contributed by atoms with Crippen LogP contribution < -0.4 is 25.3 Å². The van der Waals surface area contributed by atoms with Gasteiger partial charge in [0.1, 0.15) is 5.58 Å². The fraction of sp³-hybridized carbons (Fsp3) is 0.292. The van der Waals surface area contributed by atoms with Gasteiger partial charge in [-0.3, -0.25) is 0 Å². The van der Waals surface area contributed by atoms with Gasteiger partial charge in [-0.05, 0) is 61.3 Å². The van der Waals surface area contributed by atoms with Gasteiger partial charge in [0, 0.05) is 24.0 Å². The molecule has 1 aromatic heterocycles. The van der Waals surface area contributed by atoms with Crippen LogP contribution in [0.4, 0.5) is 5.69 Å². The number of anilines is 1. The lowest BCUT2D eigenvalue weighted by Gasteiger charge is -2.37. The number of fused-ring (bicyclic) bond motifs is 2. The summed E-state index contributed by atoms with van der Waals surface area (Å²) in [7, 11) is 0. The van der Waals surface area contributed by atoms with Crippen molar-refractivity contribution in [1.29, 1.82) is 0 Å². The van der Waals surface area contributed by atoms with Crippen molar-refractivity contribution in [2.24, 2.45) is 0 Å². The molecule has 0 bridgehead atoms. The van der Waals surface area contributed by atoms with Crippen molar-refractivity contribution in [3.05, 3.63) is 70.6 Å². The van der Waals surface area contributed by atoms with E-state index in [0.29, 0.717) is 18.2 Å². The second kappa shape index (κ2) is 7.88. The van der Waals surface area contributed by atoms with Crippen molar-refractivity contribution in [2.75, 3.05) is 24.8 Å². The molecule has 6 heteroatoms. The second-order valence-corrected chi connectivity index (χ2v) is 7.71. The van der Waals surface area contributed by atoms with Gasteiger partial charge in [0.2, 0.25) is 6.79 Å². The van der Waals surface area contributed by atoms with E-state index in [4.69, 9.17) is 13.9 Å². The lowest BCUT2D eigenvalue weighted by molar-refractivity contribution is 0.174. The first-order valence-electron chi connectivity index (χ1n) is 10.3. The number of hydrogen-bond acceptors (Lipinski definition) is 6. The normalized spacial score (nSPS) is 16.0. The van der Waals surface area contributed by atoms with Gasteiger partial charge in [0.25, 0.3) is 0 Å². The maximum atomic E-state index is 12.4. The summed E-state index contributed by atoms with van der Waals surface area (Å²) >= 11 is 0. The zero-order valence-corrected chi connectivity index (χ0v) is 16.7. The molecule has 0 atom stereocenters. The molecular formula is C24H24N2O4. The zero-order valence-electron chi connectivity index (χ0n) is 16.7. The summed E-state index contributed by atoms with van der Waals surface area (Å²) in [6, 6.07) is 13.8. The molecule has 0 amide bonds. The van der Waals surface area contributed by atoms with Crippen LogP contribution in [-0.2, 0) is 6.54 Å². The number of piperidine rings is 1. The Kier molecular flexibility index (Phi) is 4.93. The summed E-state index contributed by atoms with van der Waals surface area (Å²) in [5.74, 6) is 1.54. The molecule has 6 nitrogen and oxygen atoms in total. The number of ether oxygens (including phenoxy) is 2. The summed E-state index contributed by atoms with van der Waals surface area (Å²) in [5, 5.41) is 4.35. The van der Waals surface area contributed by atoms with Gasteiger partial charge in [-0.15, -0.1) is 0 Å². The maximum Gasteiger partial charge on any atom is 0.338 e. The molecular weight excluding hydrogens is 380 g/mol. The van der Waals surface area contributed by atoms with E-state index in [9.17, 15) is 4.79 Å². The molecule has 0 aliphatic carbocycles. The van der Waals surface area contributed by atoms with E-state index in [0.717, 1.165) is 59.6 Å². The highest BCUT2D eigenvalue weighted by atomic mass is 16.7. The summed E-state index contributed by atoms with van der Waals surface area (Å²) in [5.41, 5.74) is 3.25. The Hall–Kier alpha value is -3.25. The molecule has 3 aromatic rings. The number of benzene rings is 2. The SMILES string of the molecule is C=Cc1ccc2oc(=O)cc(N(Cc3ccc4c(c3)OCO4)C3CCNCC3)c2c1. The van der Waals surface area contributed by atoms with Crippen molar-refractivity contribution >= 4 is 22.7 Å². The van der Waals surface area contributed by atoms with Crippen LogP contribution in [-0.4, -0.2) is 25.9 Å². The summed E-state index contributed by atoms with van der Waals surface area (Å²) < 4.78 is 16.5. The molecule has 3 heterocycles. The molecule has 1 fully saturated rings. The van der Waals surface area contributed by atoms with Crippen LogP contribution in [0, 0.1) is 0 Å². The van der Waals surface area contributed by atoms with Crippen molar-refractivity contribution < 1.29 is 13.9 Å². The predicted octanol–water partition coefficient (Wildman–Crippen LogP) is 3.92. The summed E-state index contributed by atoms with van der Waals surface area (Å²) in [4.78, 5) is 14.7. The van der Waals surface area contributed by atoms with Gasteiger partial charge in [0.05, 0.1) is 5.69 Å². The first kappa shape index (κ1) is 18.8. The molecule has 0 spiro atoms. The number of hydrogen-bond donors (Lipinski definition) is 1. The first-order chi connectivity index (χ1) is 14.7. The first-order valence-corrected chi connectivity index (χ1v) is 10.3. The van der Waals surface area contributed by atoms with E-state index < -0.39 is 0 Å². The third-order valence-electron chi connectivity index (χ3n) is 5.83. The fourth-order valence-corrected chi connectivity index (χ4v) is 4.29. The van der Waals surface area contributed by atoms with E-state index in [1.165, 1.54) is 0 Å². The van der Waals surface area contributed by atoms with Crippen molar-refractivity contribution in [3.8, 4) is 11.5 Å². The van der Waals surface area contributed by atoms with Crippen molar-refractivity contribution in [1.82, 2.24) is 5.32 Å². The van der Waals surface area contributed by atoms with E-state index in [-0.39, 0.29) is 12.4 Å². The molecule has 2 aliphatic heterocycles. The van der Waals surface area contributed by atoms with Crippen LogP contribution >= 0.6 is 0 Å². The molecule has 0 saturated carbocycles. The van der Waals surface area contributed by atoms with Gasteiger partial charge in [-0.2, -0.15) is 0 Å². The lowest BCUT2D eigenvalue weighted by Crippen LogP contribution is -2.43. The number of nitrogens with one attached hydrogen (secondary N) is 1. The highest BCUT2D eigenvalue weighted by molar-refractivity contribution is 5.92. The van der Waals surface area contributed by atoms with E-state index in [1.54, 1.807) is 12.1 Å². The van der Waals surface area contributed by atoms with E-state index in [2.05, 4.69) is 22.9 Å². The zero-order chi connectivity index (χ0) is 20.5. The molecule has 1 saturated heterocycles. The van der Waals surface area contributed by atoms with Crippen LogP contribution in [0.25, 0.3) is 17.0 Å². The topological polar surface area (TPSA) is 63.9 Å². The Labute approximate surface area is 174 Å². The minimum absolute atomic E-state index is 0.255. The van der Waals surface area contributed by atoms with Gasteiger partial charge in [-0.25, -0.2) is 4.79 Å². The fourth-order valence-electron chi connectivity index (χ4n) is 4.29. The standard InChI is InChI=1S/C24H24N2O4/c1-2-16-3-5-21-19(11-16)20(13-24(27)30-21)26(18-7-9-25-10-8-18)14-17-4-6-22-23(12-17)29-15-28-22/h2-6,11-13,18,25H,1,7-10,14-15H2. The Bertz CT molecular complexity index is 1150. The average molecular weight is 404 g/mol. The van der Waals surface area contributed by atoms with E-state index >= 15 is 0 Å².